The molecule has 2 amide bonds. The smallest absolute Gasteiger partial charge is 0.319 e. The molecule has 1 saturated heterocycles. The first-order valence-electron chi connectivity index (χ1n) is 8.63. The molecule has 1 unspecified atom stereocenters. The summed E-state index contributed by atoms with van der Waals surface area (Å²) in [4.78, 5) is 18.8. The molecule has 2 aromatic rings. The summed E-state index contributed by atoms with van der Waals surface area (Å²) < 4.78 is 0. The van der Waals surface area contributed by atoms with Gasteiger partial charge in [-0.05, 0) is 43.0 Å². The summed E-state index contributed by atoms with van der Waals surface area (Å²) in [6.45, 7) is 4.01. The number of anilines is 2. The fourth-order valence-corrected chi connectivity index (χ4v) is 3.10. The van der Waals surface area contributed by atoms with Crippen LogP contribution in [-0.4, -0.2) is 35.8 Å². The Morgan fingerprint density at radius 2 is 2.00 bits per heavy atom. The van der Waals surface area contributed by atoms with Gasteiger partial charge in [0.1, 0.15) is 0 Å². The van der Waals surface area contributed by atoms with Gasteiger partial charge in [0.2, 0.25) is 0 Å². The lowest BCUT2D eigenvalue weighted by Gasteiger charge is -2.20. The lowest BCUT2D eigenvalue weighted by atomic mass is 10.0. The van der Waals surface area contributed by atoms with Gasteiger partial charge >= 0.3 is 6.03 Å². The van der Waals surface area contributed by atoms with Crippen molar-refractivity contribution in [3.8, 4) is 0 Å². The van der Waals surface area contributed by atoms with E-state index in [1.165, 1.54) is 0 Å². The average molecular weight is 340 g/mol. The van der Waals surface area contributed by atoms with Crippen LogP contribution in [0, 0.1) is 6.92 Å². The molecule has 2 heterocycles. The molecule has 0 saturated carbocycles. The maximum Gasteiger partial charge on any atom is 0.319 e. The lowest BCUT2D eigenvalue weighted by Crippen LogP contribution is -2.33. The Balaban J connectivity index is 1.59. The Bertz CT molecular complexity index is 729. The number of carbonyl (C=O) groups is 1. The van der Waals surface area contributed by atoms with Crippen LogP contribution in [0.3, 0.4) is 0 Å². The quantitative estimate of drug-likeness (QED) is 0.782. The molecule has 1 aliphatic rings. The second kappa shape index (κ2) is 7.98. The number of aliphatic hydroxyl groups is 1. The second-order valence-corrected chi connectivity index (χ2v) is 6.28. The predicted octanol–water partition coefficient (Wildman–Crippen LogP) is 2.85. The molecular formula is C19H24N4O2. The Hall–Kier alpha value is -2.60. The van der Waals surface area contributed by atoms with E-state index in [0.717, 1.165) is 42.9 Å². The number of hydrogen-bond acceptors (Lipinski definition) is 4. The van der Waals surface area contributed by atoms with Crippen LogP contribution >= 0.6 is 0 Å². The largest absolute Gasteiger partial charge is 0.387 e. The van der Waals surface area contributed by atoms with E-state index in [0.29, 0.717) is 5.69 Å². The molecule has 0 spiro atoms. The minimum atomic E-state index is -0.737. The van der Waals surface area contributed by atoms with Crippen molar-refractivity contribution in [2.24, 2.45) is 0 Å². The molecule has 6 heteroatoms. The number of rotatable bonds is 5. The zero-order valence-corrected chi connectivity index (χ0v) is 14.4. The fraction of sp³-hybridized carbons (Fsp3) is 0.368. The van der Waals surface area contributed by atoms with Crippen molar-refractivity contribution >= 4 is 17.5 Å². The van der Waals surface area contributed by atoms with Crippen molar-refractivity contribution < 1.29 is 9.90 Å². The zero-order chi connectivity index (χ0) is 17.6. The molecule has 1 aromatic carbocycles. The van der Waals surface area contributed by atoms with Gasteiger partial charge in [0.25, 0.3) is 0 Å². The molecule has 1 fully saturated rings. The Kier molecular flexibility index (Phi) is 5.50. The molecule has 0 bridgehead atoms. The second-order valence-electron chi connectivity index (χ2n) is 6.28. The van der Waals surface area contributed by atoms with Crippen molar-refractivity contribution in [1.82, 2.24) is 10.3 Å². The van der Waals surface area contributed by atoms with Crippen molar-refractivity contribution in [3.05, 3.63) is 53.7 Å². The Morgan fingerprint density at radius 1 is 1.24 bits per heavy atom. The molecule has 1 aliphatic heterocycles. The van der Waals surface area contributed by atoms with Gasteiger partial charge in [0, 0.05) is 25.8 Å². The number of nitrogens with zero attached hydrogens (tertiary/aromatic N) is 2. The standard InChI is InChI=1S/C19H24N4O2/c1-14-7-2-3-8-15(14)17(24)13-21-19(25)22-16-9-6-10-20-18(16)23-11-4-5-12-23/h2-3,6-10,17,24H,4-5,11-13H2,1H3,(H2,21,22,25). The number of pyridine rings is 1. The minimum absolute atomic E-state index is 0.149. The Labute approximate surface area is 147 Å². The lowest BCUT2D eigenvalue weighted by molar-refractivity contribution is 0.174. The number of aryl methyl sites for hydroxylation is 1. The number of aliphatic hydroxyl groups excluding tert-OH is 1. The first-order chi connectivity index (χ1) is 12.1. The summed E-state index contributed by atoms with van der Waals surface area (Å²) in [6.07, 6.45) is 3.29. The summed E-state index contributed by atoms with van der Waals surface area (Å²) in [6, 6.07) is 10.9. The zero-order valence-electron chi connectivity index (χ0n) is 14.4. The average Bonchev–Trinajstić information content (AvgIpc) is 3.15. The number of aromatic nitrogens is 1. The van der Waals surface area contributed by atoms with E-state index in [1.807, 2.05) is 37.3 Å². The summed E-state index contributed by atoms with van der Waals surface area (Å²) in [5.74, 6) is 0.801. The third-order valence-corrected chi connectivity index (χ3v) is 4.44. The molecule has 1 aromatic heterocycles. The topological polar surface area (TPSA) is 77.5 Å². The van der Waals surface area contributed by atoms with Gasteiger partial charge in [-0.2, -0.15) is 0 Å². The van der Waals surface area contributed by atoms with E-state index in [4.69, 9.17) is 0 Å². The van der Waals surface area contributed by atoms with E-state index in [9.17, 15) is 9.90 Å². The third-order valence-electron chi connectivity index (χ3n) is 4.44. The molecule has 0 aliphatic carbocycles. The SMILES string of the molecule is Cc1ccccc1C(O)CNC(=O)Nc1cccnc1N1CCCC1. The van der Waals surface area contributed by atoms with Crippen molar-refractivity contribution in [2.75, 3.05) is 29.9 Å². The van der Waals surface area contributed by atoms with E-state index in [1.54, 1.807) is 12.3 Å². The minimum Gasteiger partial charge on any atom is -0.387 e. The maximum atomic E-state index is 12.2. The van der Waals surface area contributed by atoms with E-state index in [-0.39, 0.29) is 12.6 Å². The molecule has 132 valence electrons. The number of benzene rings is 1. The first-order valence-corrected chi connectivity index (χ1v) is 8.63. The van der Waals surface area contributed by atoms with Crippen LogP contribution in [0.1, 0.15) is 30.1 Å². The van der Waals surface area contributed by atoms with Crippen LogP contribution in [0.5, 0.6) is 0 Å². The van der Waals surface area contributed by atoms with Crippen LogP contribution in [-0.2, 0) is 0 Å². The molecule has 1 atom stereocenters. The summed E-state index contributed by atoms with van der Waals surface area (Å²) >= 11 is 0. The molecule has 25 heavy (non-hydrogen) atoms. The monoisotopic (exact) mass is 340 g/mol. The molecule has 3 N–H and O–H groups in total. The molecule has 3 rings (SSSR count). The van der Waals surface area contributed by atoms with E-state index < -0.39 is 6.10 Å². The molecule has 6 nitrogen and oxygen atoms in total. The van der Waals surface area contributed by atoms with Crippen LogP contribution in [0.4, 0.5) is 16.3 Å². The van der Waals surface area contributed by atoms with Gasteiger partial charge in [-0.3, -0.25) is 0 Å². The summed E-state index contributed by atoms with van der Waals surface area (Å²) in [7, 11) is 0. The van der Waals surface area contributed by atoms with Crippen molar-refractivity contribution in [1.29, 1.82) is 0 Å². The highest BCUT2D eigenvalue weighted by molar-refractivity contribution is 5.92. The van der Waals surface area contributed by atoms with Gasteiger partial charge in [0.05, 0.1) is 11.8 Å². The van der Waals surface area contributed by atoms with Gasteiger partial charge in [0.15, 0.2) is 5.82 Å². The predicted molar refractivity (Wildman–Crippen MR) is 98.8 cm³/mol. The number of hydrogen-bond donors (Lipinski definition) is 3. The number of amides is 2. The van der Waals surface area contributed by atoms with Crippen LogP contribution in [0.15, 0.2) is 42.6 Å². The highest BCUT2D eigenvalue weighted by Crippen LogP contribution is 2.26. The number of urea groups is 1. The van der Waals surface area contributed by atoms with Crippen LogP contribution in [0.2, 0.25) is 0 Å². The van der Waals surface area contributed by atoms with Gasteiger partial charge in [-0.1, -0.05) is 24.3 Å². The van der Waals surface area contributed by atoms with Crippen molar-refractivity contribution in [3.63, 3.8) is 0 Å². The summed E-state index contributed by atoms with van der Waals surface area (Å²) in [5.41, 5.74) is 2.51. The van der Waals surface area contributed by atoms with Crippen molar-refractivity contribution in [2.45, 2.75) is 25.9 Å². The Morgan fingerprint density at radius 3 is 2.76 bits per heavy atom. The van der Waals surface area contributed by atoms with Crippen LogP contribution in [0.25, 0.3) is 0 Å². The highest BCUT2D eigenvalue weighted by atomic mass is 16.3. The normalized spacial score (nSPS) is 15.0. The highest BCUT2D eigenvalue weighted by Gasteiger charge is 2.18. The van der Waals surface area contributed by atoms with E-state index in [2.05, 4.69) is 20.5 Å². The number of nitrogens with one attached hydrogen (secondary N) is 2. The molecular weight excluding hydrogens is 316 g/mol. The first kappa shape index (κ1) is 17.2. The van der Waals surface area contributed by atoms with Gasteiger partial charge in [-0.25, -0.2) is 9.78 Å². The fourth-order valence-electron chi connectivity index (χ4n) is 3.10. The van der Waals surface area contributed by atoms with Gasteiger partial charge < -0.3 is 20.6 Å². The van der Waals surface area contributed by atoms with Gasteiger partial charge in [-0.15, -0.1) is 0 Å². The number of carbonyl (C=O) groups excluding carboxylic acids is 1. The van der Waals surface area contributed by atoms with E-state index >= 15 is 0 Å². The maximum absolute atomic E-state index is 12.2. The third kappa shape index (κ3) is 4.28. The van der Waals surface area contributed by atoms with Crippen LogP contribution < -0.4 is 15.5 Å². The summed E-state index contributed by atoms with van der Waals surface area (Å²) in [5, 5.41) is 15.9. The molecule has 0 radical (unpaired) electrons.